The Morgan fingerprint density at radius 1 is 1.17 bits per heavy atom. The average Bonchev–Trinajstić information content (AvgIpc) is 2.10. The van der Waals surface area contributed by atoms with Crippen LogP contribution in [0.15, 0.2) is 15.7 Å². The maximum Gasteiger partial charge on any atom is 0.0558 e. The highest BCUT2D eigenvalue weighted by Gasteiger charge is 2.05. The molecular formula is H3N5O7. The van der Waals surface area contributed by atoms with Gasteiger partial charge >= 0.3 is 0 Å². The molecule has 0 aliphatic rings. The Hall–Kier alpha value is -1.28. The highest BCUT2D eigenvalue weighted by Crippen LogP contribution is 1.95. The van der Waals surface area contributed by atoms with E-state index in [-0.39, 0.29) is 5.34 Å². The highest BCUT2D eigenvalue weighted by molar-refractivity contribution is 3.93. The molecule has 0 saturated carbocycles. The van der Waals surface area contributed by atoms with E-state index in [1.165, 1.54) is 0 Å². The summed E-state index contributed by atoms with van der Waals surface area (Å²) in [6, 6.07) is 0. The van der Waals surface area contributed by atoms with E-state index in [0.717, 1.165) is 0 Å². The van der Waals surface area contributed by atoms with Gasteiger partial charge in [-0.15, -0.1) is 0 Å². The largest absolute Gasteiger partial charge is 0.219 e. The first kappa shape index (κ1) is 10.7. The van der Waals surface area contributed by atoms with E-state index in [9.17, 15) is 0 Å². The Morgan fingerprint density at radius 3 is 2.42 bits per heavy atom. The molecule has 12 nitrogen and oxygen atoms in total. The summed E-state index contributed by atoms with van der Waals surface area (Å²) < 4.78 is 0. The van der Waals surface area contributed by atoms with E-state index in [0.29, 0.717) is 0 Å². The predicted octanol–water partition coefficient (Wildman–Crippen LogP) is 0.206. The second-order valence-corrected chi connectivity index (χ2v) is 0.883. The Balaban J connectivity index is 3.68. The lowest BCUT2D eigenvalue weighted by molar-refractivity contribution is -0.741. The Morgan fingerprint density at radius 2 is 1.92 bits per heavy atom. The number of nitrogens with zero attached hydrogens (tertiary/aromatic N) is 4. The number of rotatable bonds is 7. The van der Waals surface area contributed by atoms with Crippen molar-refractivity contribution in [3.63, 3.8) is 0 Å². The molecule has 0 atom stereocenters. The van der Waals surface area contributed by atoms with Crippen molar-refractivity contribution in [1.29, 1.82) is 5.53 Å². The zero-order chi connectivity index (χ0) is 9.23. The minimum Gasteiger partial charge on any atom is -0.219 e. The lowest BCUT2D eigenvalue weighted by Gasteiger charge is -2.05. The normalized spacial score (nSPS) is 10.5. The fraction of sp³-hybridized carbons (Fsp3) is 0. The molecule has 0 fully saturated rings. The second-order valence-electron chi connectivity index (χ2n) is 0.883. The van der Waals surface area contributed by atoms with Crippen LogP contribution in [0, 0.1) is 5.53 Å². The third-order valence-corrected chi connectivity index (χ3v) is 0.379. The van der Waals surface area contributed by atoms with Gasteiger partial charge in [0.15, 0.2) is 0 Å². The van der Waals surface area contributed by atoms with Gasteiger partial charge in [0.2, 0.25) is 0 Å². The topological polar surface area (TPSA) is 151 Å². The van der Waals surface area contributed by atoms with Gasteiger partial charge in [0.25, 0.3) is 0 Å². The summed E-state index contributed by atoms with van der Waals surface area (Å²) in [5.41, 5.74) is 6.11. The minimum atomic E-state index is -0.131. The van der Waals surface area contributed by atoms with Crippen LogP contribution in [-0.2, 0) is 25.1 Å². The van der Waals surface area contributed by atoms with E-state index in [2.05, 4.69) is 40.8 Å². The molecular weight excluding hydrogens is 182 g/mol. The minimum absolute atomic E-state index is 0.131. The van der Waals surface area contributed by atoms with Gasteiger partial charge in [-0.3, -0.25) is 0 Å². The molecule has 3 N–H and O–H groups in total. The van der Waals surface area contributed by atoms with E-state index in [1.807, 2.05) is 0 Å². The molecule has 0 aromatic carbocycles. The van der Waals surface area contributed by atoms with Gasteiger partial charge in [-0.2, -0.15) is 5.53 Å². The lowest BCUT2D eigenvalue weighted by Crippen LogP contribution is -2.17. The summed E-state index contributed by atoms with van der Waals surface area (Å²) >= 11 is 0. The van der Waals surface area contributed by atoms with Crippen molar-refractivity contribution in [2.75, 3.05) is 0 Å². The molecule has 0 aliphatic heterocycles. The zero-order valence-corrected chi connectivity index (χ0v) is 5.22. The second kappa shape index (κ2) is 7.82. The predicted molar refractivity (Wildman–Crippen MR) is 22.5 cm³/mol. The van der Waals surface area contributed by atoms with E-state index in [4.69, 9.17) is 16.0 Å². The highest BCUT2D eigenvalue weighted by atomic mass is 17.7. The molecule has 0 unspecified atom stereocenters. The van der Waals surface area contributed by atoms with Crippen LogP contribution in [0.5, 0.6) is 0 Å². The molecule has 0 radical (unpaired) electrons. The maximum absolute atomic E-state index is 7.65. The number of hydrogen-bond acceptors (Lipinski definition) is 9. The molecule has 0 amide bonds. The van der Waals surface area contributed by atoms with Crippen LogP contribution >= 0.6 is 0 Å². The van der Waals surface area contributed by atoms with E-state index < -0.39 is 0 Å². The fourth-order valence-electron chi connectivity index (χ4n) is 0.163. The summed E-state index contributed by atoms with van der Waals surface area (Å²) in [6.45, 7) is 0. The summed E-state index contributed by atoms with van der Waals surface area (Å²) in [6.07, 6.45) is 0. The van der Waals surface area contributed by atoms with Crippen molar-refractivity contribution >= 4 is 0 Å². The summed E-state index contributed by atoms with van der Waals surface area (Å²) in [5.74, 6) is 0. The zero-order valence-electron chi connectivity index (χ0n) is 5.22. The standard InChI is InChI=1S/H3N5O7/c1-2-3-4-5(8-10-6)9-12-11-7/h1,6-7H/b2-1?,4-3+. The summed E-state index contributed by atoms with van der Waals surface area (Å²) in [4.78, 5) is 7.28. The van der Waals surface area contributed by atoms with Crippen LogP contribution in [0.3, 0.4) is 0 Å². The molecule has 0 rings (SSSR count). The molecule has 0 bridgehead atoms. The first-order chi connectivity index (χ1) is 5.85. The van der Waals surface area contributed by atoms with Crippen LogP contribution in [0.25, 0.3) is 0 Å². The van der Waals surface area contributed by atoms with Crippen molar-refractivity contribution in [2.24, 2.45) is 15.7 Å². The molecule has 0 aromatic heterocycles. The van der Waals surface area contributed by atoms with Gasteiger partial charge in [-0.25, -0.2) is 10.5 Å². The van der Waals surface area contributed by atoms with Gasteiger partial charge < -0.3 is 0 Å². The van der Waals surface area contributed by atoms with Gasteiger partial charge in [-0.05, 0) is 35.5 Å². The molecule has 70 valence electrons. The molecule has 0 aliphatic carbocycles. The smallest absolute Gasteiger partial charge is 0.0558 e. The third-order valence-electron chi connectivity index (χ3n) is 0.379. The van der Waals surface area contributed by atoms with E-state index >= 15 is 0 Å². The Kier molecular flexibility index (Phi) is 6.99. The van der Waals surface area contributed by atoms with Crippen LogP contribution in [0.1, 0.15) is 0 Å². The van der Waals surface area contributed by atoms with Gasteiger partial charge in [0, 0.05) is 5.22 Å². The summed E-state index contributed by atoms with van der Waals surface area (Å²) in [5, 5.41) is 32.1. The molecule has 12 heteroatoms. The quantitative estimate of drug-likeness (QED) is 0.289. The van der Waals surface area contributed by atoms with Crippen LogP contribution < -0.4 is 0 Å². The molecule has 12 heavy (non-hydrogen) atoms. The molecule has 0 aromatic rings. The van der Waals surface area contributed by atoms with Crippen molar-refractivity contribution in [3.8, 4) is 0 Å². The number of nitrogens with one attached hydrogen (secondary N) is 1. The SMILES string of the molecule is N=N/N=N/N(OOO)OOOO. The van der Waals surface area contributed by atoms with Crippen molar-refractivity contribution in [1.82, 2.24) is 5.34 Å². The average molecular weight is 185 g/mol. The lowest BCUT2D eigenvalue weighted by atomic mass is 12.4. The molecule has 0 spiro atoms. The first-order valence-electron chi connectivity index (χ1n) is 2.05. The molecule has 0 saturated heterocycles. The maximum atomic E-state index is 7.65. The Bertz CT molecular complexity index is 134. The van der Waals surface area contributed by atoms with Crippen molar-refractivity contribution < 1.29 is 35.6 Å². The van der Waals surface area contributed by atoms with Gasteiger partial charge in [-0.1, -0.05) is 0 Å². The van der Waals surface area contributed by atoms with Gasteiger partial charge in [0.1, 0.15) is 0 Å². The van der Waals surface area contributed by atoms with Crippen molar-refractivity contribution in [3.05, 3.63) is 0 Å². The van der Waals surface area contributed by atoms with Crippen LogP contribution in [-0.4, -0.2) is 15.8 Å². The number of hydrogen-bond donors (Lipinski definition) is 3. The Labute approximate surface area is 63.5 Å². The van der Waals surface area contributed by atoms with Gasteiger partial charge in [0.05, 0.1) is 5.34 Å². The third kappa shape index (κ3) is 5.50. The summed E-state index contributed by atoms with van der Waals surface area (Å²) in [7, 11) is 0. The fourth-order valence-corrected chi connectivity index (χ4v) is 0.163. The molecule has 0 heterocycles. The van der Waals surface area contributed by atoms with E-state index in [1.54, 1.807) is 0 Å². The van der Waals surface area contributed by atoms with Crippen molar-refractivity contribution in [2.45, 2.75) is 0 Å². The van der Waals surface area contributed by atoms with Crippen LogP contribution in [0.4, 0.5) is 0 Å². The first-order valence-corrected chi connectivity index (χ1v) is 2.05. The monoisotopic (exact) mass is 185 g/mol. The van der Waals surface area contributed by atoms with Crippen LogP contribution in [0.2, 0.25) is 0 Å².